The minimum Gasteiger partial charge on any atom is -0.466 e. The van der Waals surface area contributed by atoms with Gasteiger partial charge in [-0.25, -0.2) is 4.98 Å². The molecular weight excluding hydrogens is 292 g/mol. The maximum atomic E-state index is 12.7. The van der Waals surface area contributed by atoms with Crippen LogP contribution in [0.25, 0.3) is 10.9 Å². The zero-order valence-electron chi connectivity index (χ0n) is 13.2. The summed E-state index contributed by atoms with van der Waals surface area (Å²) in [4.78, 5) is 30.7. The van der Waals surface area contributed by atoms with E-state index in [1.165, 1.54) is 0 Å². The van der Waals surface area contributed by atoms with E-state index in [0.717, 1.165) is 23.7 Å². The maximum Gasteiger partial charge on any atom is 0.310 e. The molecule has 1 aliphatic heterocycles. The number of benzene rings is 1. The molecule has 5 nitrogen and oxygen atoms in total. The monoisotopic (exact) mass is 312 g/mol. The van der Waals surface area contributed by atoms with Crippen LogP contribution in [0.4, 0.5) is 0 Å². The van der Waals surface area contributed by atoms with E-state index in [-0.39, 0.29) is 17.8 Å². The second kappa shape index (κ2) is 6.77. The summed E-state index contributed by atoms with van der Waals surface area (Å²) in [5.41, 5.74) is 1.23. The first-order valence-corrected chi connectivity index (χ1v) is 8.00. The van der Waals surface area contributed by atoms with Crippen LogP contribution in [0.5, 0.6) is 0 Å². The summed E-state index contributed by atoms with van der Waals surface area (Å²) in [5.74, 6) is -0.561. The van der Waals surface area contributed by atoms with Gasteiger partial charge in [-0.15, -0.1) is 0 Å². The topological polar surface area (TPSA) is 59.5 Å². The van der Waals surface area contributed by atoms with Crippen LogP contribution >= 0.6 is 0 Å². The first-order valence-electron chi connectivity index (χ1n) is 8.00. The van der Waals surface area contributed by atoms with E-state index in [1.807, 2.05) is 30.3 Å². The Morgan fingerprint density at radius 3 is 2.91 bits per heavy atom. The molecule has 0 bridgehead atoms. The molecule has 0 spiro atoms. The van der Waals surface area contributed by atoms with E-state index in [2.05, 4.69) is 4.98 Å². The first-order chi connectivity index (χ1) is 11.2. The molecule has 5 heteroatoms. The fourth-order valence-corrected chi connectivity index (χ4v) is 2.96. The molecule has 0 N–H and O–H groups in total. The van der Waals surface area contributed by atoms with Gasteiger partial charge in [0.05, 0.1) is 18.0 Å². The van der Waals surface area contributed by atoms with E-state index in [9.17, 15) is 9.59 Å². The number of pyridine rings is 1. The number of aromatic nitrogens is 1. The summed E-state index contributed by atoms with van der Waals surface area (Å²) < 4.78 is 5.08. The van der Waals surface area contributed by atoms with Crippen molar-refractivity contribution in [3.63, 3.8) is 0 Å². The van der Waals surface area contributed by atoms with Gasteiger partial charge in [0.1, 0.15) is 5.69 Å². The zero-order chi connectivity index (χ0) is 16.2. The zero-order valence-corrected chi connectivity index (χ0v) is 13.2. The Labute approximate surface area is 135 Å². The number of amides is 1. The lowest BCUT2D eigenvalue weighted by molar-refractivity contribution is -0.149. The van der Waals surface area contributed by atoms with Gasteiger partial charge in [-0.3, -0.25) is 9.59 Å². The van der Waals surface area contributed by atoms with Gasteiger partial charge in [0.2, 0.25) is 0 Å². The Bertz CT molecular complexity index is 729. The Hall–Kier alpha value is -2.43. The number of likely N-dealkylation sites (tertiary alicyclic amines) is 1. The molecule has 120 valence electrons. The summed E-state index contributed by atoms with van der Waals surface area (Å²) in [7, 11) is 0. The van der Waals surface area contributed by atoms with E-state index in [4.69, 9.17) is 4.74 Å². The summed E-state index contributed by atoms with van der Waals surface area (Å²) in [5, 5.41) is 1.01. The van der Waals surface area contributed by atoms with Crippen LogP contribution in [-0.2, 0) is 9.53 Å². The Kier molecular flexibility index (Phi) is 4.55. The van der Waals surface area contributed by atoms with Crippen LogP contribution in [0.1, 0.15) is 30.3 Å². The van der Waals surface area contributed by atoms with Crippen molar-refractivity contribution in [3.8, 4) is 0 Å². The van der Waals surface area contributed by atoms with Crippen molar-refractivity contribution in [2.24, 2.45) is 5.92 Å². The summed E-state index contributed by atoms with van der Waals surface area (Å²) >= 11 is 0. The number of piperidine rings is 1. The predicted molar refractivity (Wildman–Crippen MR) is 87.0 cm³/mol. The van der Waals surface area contributed by atoms with Crippen molar-refractivity contribution < 1.29 is 14.3 Å². The third-order valence-corrected chi connectivity index (χ3v) is 4.15. The van der Waals surface area contributed by atoms with Crippen molar-refractivity contribution in [3.05, 3.63) is 42.1 Å². The highest BCUT2D eigenvalue weighted by Gasteiger charge is 2.30. The number of hydrogen-bond acceptors (Lipinski definition) is 4. The molecule has 1 atom stereocenters. The van der Waals surface area contributed by atoms with Gasteiger partial charge in [0.25, 0.3) is 5.91 Å². The molecule has 0 saturated carbocycles. The average molecular weight is 312 g/mol. The molecular formula is C18H20N2O3. The number of rotatable bonds is 3. The number of para-hydroxylation sites is 1. The Morgan fingerprint density at radius 2 is 2.09 bits per heavy atom. The van der Waals surface area contributed by atoms with Crippen LogP contribution in [0.3, 0.4) is 0 Å². The molecule has 1 amide bonds. The molecule has 0 radical (unpaired) electrons. The maximum absolute atomic E-state index is 12.7. The largest absolute Gasteiger partial charge is 0.466 e. The lowest BCUT2D eigenvalue weighted by atomic mass is 9.98. The second-order valence-corrected chi connectivity index (χ2v) is 5.73. The fraction of sp³-hybridized carbons (Fsp3) is 0.389. The van der Waals surface area contributed by atoms with E-state index in [1.54, 1.807) is 17.9 Å². The first kappa shape index (κ1) is 15.5. The van der Waals surface area contributed by atoms with Crippen molar-refractivity contribution >= 4 is 22.8 Å². The SMILES string of the molecule is CCOC(=O)[C@@H]1CCCN(C(=O)c2ccc3ccccc3n2)C1. The Morgan fingerprint density at radius 1 is 1.26 bits per heavy atom. The van der Waals surface area contributed by atoms with Crippen molar-refractivity contribution in [1.82, 2.24) is 9.88 Å². The van der Waals surface area contributed by atoms with Crippen LogP contribution < -0.4 is 0 Å². The van der Waals surface area contributed by atoms with Crippen LogP contribution in [0.15, 0.2) is 36.4 Å². The lowest BCUT2D eigenvalue weighted by Crippen LogP contribution is -2.43. The minimum atomic E-state index is -0.229. The highest BCUT2D eigenvalue weighted by molar-refractivity contribution is 5.95. The summed E-state index contributed by atoms with van der Waals surface area (Å²) in [6.07, 6.45) is 1.58. The van der Waals surface area contributed by atoms with Gasteiger partial charge in [0, 0.05) is 18.5 Å². The third-order valence-electron chi connectivity index (χ3n) is 4.15. The van der Waals surface area contributed by atoms with E-state index < -0.39 is 0 Å². The highest BCUT2D eigenvalue weighted by atomic mass is 16.5. The average Bonchev–Trinajstić information content (AvgIpc) is 2.61. The van der Waals surface area contributed by atoms with Gasteiger partial charge in [0.15, 0.2) is 0 Å². The van der Waals surface area contributed by atoms with Crippen LogP contribution in [0.2, 0.25) is 0 Å². The standard InChI is InChI=1S/C18H20N2O3/c1-2-23-18(22)14-7-5-11-20(12-14)17(21)16-10-9-13-6-3-4-8-15(13)19-16/h3-4,6,8-10,14H,2,5,7,11-12H2,1H3/t14-/m1/s1. The number of carbonyl (C=O) groups is 2. The molecule has 1 aromatic carbocycles. The second-order valence-electron chi connectivity index (χ2n) is 5.73. The molecule has 1 saturated heterocycles. The molecule has 2 aromatic rings. The molecule has 23 heavy (non-hydrogen) atoms. The lowest BCUT2D eigenvalue weighted by Gasteiger charge is -2.31. The van der Waals surface area contributed by atoms with Gasteiger partial charge >= 0.3 is 5.97 Å². The van der Waals surface area contributed by atoms with Crippen molar-refractivity contribution in [2.45, 2.75) is 19.8 Å². The smallest absolute Gasteiger partial charge is 0.310 e. The molecule has 1 aromatic heterocycles. The highest BCUT2D eigenvalue weighted by Crippen LogP contribution is 2.20. The Balaban J connectivity index is 1.77. The normalized spacial score (nSPS) is 18.0. The summed E-state index contributed by atoms with van der Waals surface area (Å²) in [6.45, 7) is 3.23. The number of nitrogens with zero attached hydrogens (tertiary/aromatic N) is 2. The predicted octanol–water partition coefficient (Wildman–Crippen LogP) is 2.65. The van der Waals surface area contributed by atoms with E-state index in [0.29, 0.717) is 25.4 Å². The molecule has 3 rings (SSSR count). The number of hydrogen-bond donors (Lipinski definition) is 0. The minimum absolute atomic E-state index is 0.121. The van der Waals surface area contributed by atoms with E-state index >= 15 is 0 Å². The number of esters is 1. The fourth-order valence-electron chi connectivity index (χ4n) is 2.96. The van der Waals surface area contributed by atoms with Crippen LogP contribution in [0, 0.1) is 5.92 Å². The molecule has 0 aliphatic carbocycles. The van der Waals surface area contributed by atoms with Gasteiger partial charge in [-0.2, -0.15) is 0 Å². The molecule has 1 fully saturated rings. The van der Waals surface area contributed by atoms with Gasteiger partial charge in [-0.1, -0.05) is 24.3 Å². The van der Waals surface area contributed by atoms with Crippen molar-refractivity contribution in [2.75, 3.05) is 19.7 Å². The van der Waals surface area contributed by atoms with Crippen LogP contribution in [-0.4, -0.2) is 41.5 Å². The van der Waals surface area contributed by atoms with Crippen molar-refractivity contribution in [1.29, 1.82) is 0 Å². The van der Waals surface area contributed by atoms with Gasteiger partial charge in [-0.05, 0) is 31.9 Å². The number of carbonyl (C=O) groups excluding carboxylic acids is 2. The number of ether oxygens (including phenoxy) is 1. The molecule has 1 aliphatic rings. The number of fused-ring (bicyclic) bond motifs is 1. The molecule has 2 heterocycles. The molecule has 0 unspecified atom stereocenters. The third kappa shape index (κ3) is 3.33. The summed E-state index contributed by atoms with van der Waals surface area (Å²) in [6, 6.07) is 11.4. The quantitative estimate of drug-likeness (QED) is 0.818. The van der Waals surface area contributed by atoms with Gasteiger partial charge < -0.3 is 9.64 Å².